The Balaban J connectivity index is 1.81. The van der Waals surface area contributed by atoms with E-state index >= 15 is 0 Å². The number of benzene rings is 2. The molecule has 0 N–H and O–H groups in total. The van der Waals surface area contributed by atoms with E-state index < -0.39 is 20.8 Å². The molecule has 4 rings (SSSR count). The van der Waals surface area contributed by atoms with Crippen LogP contribution < -0.4 is 5.01 Å². The smallest absolute Gasteiger partial charge is 0.286 e. The molecule has 2 aliphatic heterocycles. The molecular weight excluding hydrogens is 381 g/mol. The number of carbonyl (C=O) groups is 1. The summed E-state index contributed by atoms with van der Waals surface area (Å²) in [6.07, 6.45) is 1.70. The fourth-order valence-corrected chi connectivity index (χ4v) is 4.98. The van der Waals surface area contributed by atoms with E-state index in [1.165, 1.54) is 28.1 Å². The third-order valence-electron chi connectivity index (χ3n) is 4.95. The van der Waals surface area contributed by atoms with Crippen LogP contribution in [0.15, 0.2) is 52.5 Å². The zero-order chi connectivity index (χ0) is 19.9. The highest BCUT2D eigenvalue weighted by Crippen LogP contribution is 2.34. The molecule has 0 bridgehead atoms. The zero-order valence-corrected chi connectivity index (χ0v) is 16.2. The summed E-state index contributed by atoms with van der Waals surface area (Å²) in [5.74, 6) is -0.961. The molecule has 0 aliphatic carbocycles. The lowest BCUT2D eigenvalue weighted by Gasteiger charge is -2.29. The van der Waals surface area contributed by atoms with Crippen molar-refractivity contribution < 1.29 is 17.6 Å². The van der Waals surface area contributed by atoms with E-state index in [0.717, 1.165) is 18.4 Å². The Labute approximate surface area is 163 Å². The van der Waals surface area contributed by atoms with Crippen molar-refractivity contribution >= 4 is 26.5 Å². The van der Waals surface area contributed by atoms with Crippen LogP contribution in [-0.2, 0) is 21.2 Å². The minimum absolute atomic E-state index is 0.0482. The third-order valence-corrected chi connectivity index (χ3v) is 6.64. The van der Waals surface area contributed by atoms with Gasteiger partial charge in [0.2, 0.25) is 14.9 Å². The number of amides is 1. The molecule has 28 heavy (non-hydrogen) atoms. The van der Waals surface area contributed by atoms with Crippen LogP contribution >= 0.6 is 0 Å². The van der Waals surface area contributed by atoms with Crippen LogP contribution in [-0.4, -0.2) is 37.4 Å². The lowest BCUT2D eigenvalue weighted by molar-refractivity contribution is -0.122. The first-order valence-corrected chi connectivity index (χ1v) is 10.6. The predicted octanol–water partition coefficient (Wildman–Crippen LogP) is 2.86. The molecule has 1 amide bonds. The van der Waals surface area contributed by atoms with Crippen LogP contribution in [0, 0.1) is 12.7 Å². The highest BCUT2D eigenvalue weighted by atomic mass is 32.2. The molecule has 146 valence electrons. The number of likely N-dealkylation sites (tertiary alicyclic amines) is 1. The monoisotopic (exact) mass is 401 g/mol. The Morgan fingerprint density at radius 2 is 1.89 bits per heavy atom. The van der Waals surface area contributed by atoms with Crippen LogP contribution in [0.1, 0.15) is 24.0 Å². The van der Waals surface area contributed by atoms with E-state index in [2.05, 4.69) is 5.10 Å². The van der Waals surface area contributed by atoms with Crippen LogP contribution in [0.25, 0.3) is 0 Å². The van der Waals surface area contributed by atoms with Crippen molar-refractivity contribution in [3.05, 3.63) is 59.4 Å². The number of anilines is 1. The number of hydrazone groups is 1. The van der Waals surface area contributed by atoms with Crippen molar-refractivity contribution in [3.8, 4) is 0 Å². The Morgan fingerprint density at radius 3 is 2.61 bits per heavy atom. The zero-order valence-electron chi connectivity index (χ0n) is 15.4. The summed E-state index contributed by atoms with van der Waals surface area (Å²) in [5, 5.41) is 5.24. The van der Waals surface area contributed by atoms with Gasteiger partial charge in [-0.2, -0.15) is 5.10 Å². The Bertz CT molecular complexity index is 1080. The molecule has 2 aliphatic rings. The van der Waals surface area contributed by atoms with Gasteiger partial charge in [0.25, 0.3) is 5.91 Å². The molecule has 0 radical (unpaired) electrons. The van der Waals surface area contributed by atoms with E-state index in [0.29, 0.717) is 24.3 Å². The van der Waals surface area contributed by atoms with Gasteiger partial charge < -0.3 is 4.90 Å². The molecule has 0 unspecified atom stereocenters. The summed E-state index contributed by atoms with van der Waals surface area (Å²) < 4.78 is 39.8. The van der Waals surface area contributed by atoms with Crippen molar-refractivity contribution in [2.45, 2.75) is 31.2 Å². The molecule has 2 aromatic carbocycles. The van der Waals surface area contributed by atoms with Crippen molar-refractivity contribution in [2.24, 2.45) is 5.10 Å². The number of hydrogen-bond donors (Lipinski definition) is 0. The summed E-state index contributed by atoms with van der Waals surface area (Å²) >= 11 is 0. The van der Waals surface area contributed by atoms with Gasteiger partial charge >= 0.3 is 0 Å². The average molecular weight is 401 g/mol. The average Bonchev–Trinajstić information content (AvgIpc) is 3.18. The van der Waals surface area contributed by atoms with Gasteiger partial charge in [0.15, 0.2) is 0 Å². The summed E-state index contributed by atoms with van der Waals surface area (Å²) in [7, 11) is -4.03. The highest BCUT2D eigenvalue weighted by molar-refractivity contribution is 8.08. The van der Waals surface area contributed by atoms with E-state index in [1.54, 1.807) is 24.3 Å². The molecular formula is C20H20FN3O3S. The number of aryl methyl sites for hydroxylation is 1. The molecule has 2 aromatic rings. The Hall–Kier alpha value is -2.74. The van der Waals surface area contributed by atoms with E-state index in [4.69, 9.17) is 0 Å². The standard InChI is InChI=1S/C20H20FN3O3S/c1-14-7-8-18-17(11-14)24(13-15-5-4-6-16(21)12-15)22-19(28(18,26)27)20(25)23-9-2-3-10-23/h4-8,11-12H,2-3,9-10,13H2,1H3. The molecule has 0 atom stereocenters. The van der Waals surface area contributed by atoms with Gasteiger partial charge in [0.1, 0.15) is 5.82 Å². The van der Waals surface area contributed by atoms with Crippen LogP contribution in [0.4, 0.5) is 10.1 Å². The van der Waals surface area contributed by atoms with Crippen molar-refractivity contribution in [2.75, 3.05) is 18.1 Å². The van der Waals surface area contributed by atoms with E-state index in [9.17, 15) is 17.6 Å². The minimum Gasteiger partial charge on any atom is -0.337 e. The number of rotatable bonds is 3. The number of nitrogens with zero attached hydrogens (tertiary/aromatic N) is 3. The second kappa shape index (κ2) is 7.01. The molecule has 2 heterocycles. The second-order valence-corrected chi connectivity index (χ2v) is 8.90. The molecule has 0 saturated carbocycles. The summed E-state index contributed by atoms with van der Waals surface area (Å²) in [6.45, 7) is 3.05. The summed E-state index contributed by atoms with van der Waals surface area (Å²) in [5.41, 5.74) is 1.88. The van der Waals surface area contributed by atoms with Crippen molar-refractivity contribution in [1.82, 2.24) is 4.90 Å². The van der Waals surface area contributed by atoms with Gasteiger partial charge in [-0.15, -0.1) is 0 Å². The number of hydrogen-bond acceptors (Lipinski definition) is 5. The number of sulfone groups is 1. The largest absolute Gasteiger partial charge is 0.337 e. The van der Waals surface area contributed by atoms with Gasteiger partial charge in [-0.05, 0) is 55.2 Å². The normalized spacial score (nSPS) is 18.0. The SMILES string of the molecule is Cc1ccc2c(c1)N(Cc1cccc(F)c1)N=C(C(=O)N1CCCC1)S2(=O)=O. The maximum atomic E-state index is 13.6. The van der Waals surface area contributed by atoms with Gasteiger partial charge in [-0.1, -0.05) is 18.2 Å². The summed E-state index contributed by atoms with van der Waals surface area (Å²) in [6, 6.07) is 10.9. The molecule has 0 aromatic heterocycles. The molecule has 0 spiro atoms. The van der Waals surface area contributed by atoms with Crippen LogP contribution in [0.2, 0.25) is 0 Å². The van der Waals surface area contributed by atoms with Crippen molar-refractivity contribution in [3.63, 3.8) is 0 Å². The van der Waals surface area contributed by atoms with E-state index in [1.807, 2.05) is 6.92 Å². The topological polar surface area (TPSA) is 70.1 Å². The first-order chi connectivity index (χ1) is 13.4. The molecule has 8 heteroatoms. The first kappa shape index (κ1) is 18.6. The Kier molecular flexibility index (Phi) is 4.66. The molecule has 1 saturated heterocycles. The van der Waals surface area contributed by atoms with Gasteiger partial charge in [0.05, 0.1) is 17.1 Å². The number of fused-ring (bicyclic) bond motifs is 1. The maximum Gasteiger partial charge on any atom is 0.286 e. The predicted molar refractivity (Wildman–Crippen MR) is 104 cm³/mol. The molecule has 1 fully saturated rings. The first-order valence-electron chi connectivity index (χ1n) is 9.12. The highest BCUT2D eigenvalue weighted by Gasteiger charge is 2.39. The lowest BCUT2D eigenvalue weighted by atomic mass is 10.2. The van der Waals surface area contributed by atoms with E-state index in [-0.39, 0.29) is 17.3 Å². The third kappa shape index (κ3) is 3.28. The molecule has 6 nitrogen and oxygen atoms in total. The van der Waals surface area contributed by atoms with Crippen LogP contribution in [0.3, 0.4) is 0 Å². The van der Waals surface area contributed by atoms with Gasteiger partial charge in [-0.3, -0.25) is 9.80 Å². The van der Waals surface area contributed by atoms with Crippen LogP contribution in [0.5, 0.6) is 0 Å². The number of halogens is 1. The lowest BCUT2D eigenvalue weighted by Crippen LogP contribution is -2.42. The minimum atomic E-state index is -4.03. The fraction of sp³-hybridized carbons (Fsp3) is 0.300. The Morgan fingerprint density at radius 1 is 1.14 bits per heavy atom. The number of carbonyl (C=O) groups excluding carboxylic acids is 1. The maximum absolute atomic E-state index is 13.6. The summed E-state index contributed by atoms with van der Waals surface area (Å²) in [4.78, 5) is 14.4. The second-order valence-electron chi connectivity index (χ2n) is 7.07. The van der Waals surface area contributed by atoms with Crippen molar-refractivity contribution in [1.29, 1.82) is 0 Å². The quantitative estimate of drug-likeness (QED) is 0.793. The van der Waals surface area contributed by atoms with Gasteiger partial charge in [-0.25, -0.2) is 12.8 Å². The fourth-order valence-electron chi connectivity index (χ4n) is 3.52. The van der Waals surface area contributed by atoms with Gasteiger partial charge in [0, 0.05) is 13.1 Å².